The second-order valence-electron chi connectivity index (χ2n) is 6.91. The Morgan fingerprint density at radius 3 is 1.31 bits per heavy atom. The largest absolute Gasteiger partial charge is 0.329 e. The Labute approximate surface area is 251 Å². The Kier molecular flexibility index (Phi) is 18.5. The standard InChI is InChI=1S/C20H26N8S4.4ClH/c21-3-7-23-5-1-17-25-15(11-29-17)19-27-13(9-31-19)14-10-32-20(28-14)16-12-30-18(26-16)2-6-24-8-4-22;;;;/h9-12,23-24H,1-8,21-22H2;4*1H. The van der Waals surface area contributed by atoms with E-state index in [9.17, 15) is 0 Å². The van der Waals surface area contributed by atoms with E-state index >= 15 is 0 Å². The van der Waals surface area contributed by atoms with Crippen LogP contribution in [0.1, 0.15) is 10.0 Å². The molecule has 0 saturated carbocycles. The first-order chi connectivity index (χ1) is 15.8. The molecule has 36 heavy (non-hydrogen) atoms. The Morgan fingerprint density at radius 1 is 0.528 bits per heavy atom. The molecule has 0 radical (unpaired) electrons. The van der Waals surface area contributed by atoms with Crippen LogP contribution in [-0.4, -0.2) is 59.2 Å². The minimum Gasteiger partial charge on any atom is -0.329 e. The summed E-state index contributed by atoms with van der Waals surface area (Å²) in [6, 6.07) is 0. The van der Waals surface area contributed by atoms with Gasteiger partial charge in [-0.2, -0.15) is 0 Å². The van der Waals surface area contributed by atoms with Gasteiger partial charge in [0.1, 0.15) is 32.8 Å². The van der Waals surface area contributed by atoms with E-state index in [0.717, 1.165) is 81.8 Å². The van der Waals surface area contributed by atoms with Crippen LogP contribution in [0.2, 0.25) is 0 Å². The van der Waals surface area contributed by atoms with Gasteiger partial charge in [0, 0.05) is 73.6 Å². The van der Waals surface area contributed by atoms with Gasteiger partial charge >= 0.3 is 0 Å². The topological polar surface area (TPSA) is 128 Å². The predicted molar refractivity (Wildman–Crippen MR) is 166 cm³/mol. The fourth-order valence-electron chi connectivity index (χ4n) is 2.91. The molecular weight excluding hydrogens is 622 g/mol. The molecule has 0 spiro atoms. The van der Waals surface area contributed by atoms with E-state index in [0.29, 0.717) is 13.1 Å². The summed E-state index contributed by atoms with van der Waals surface area (Å²) in [6.45, 7) is 4.74. The molecule has 0 fully saturated rings. The van der Waals surface area contributed by atoms with E-state index in [4.69, 9.17) is 31.4 Å². The molecule has 0 amide bonds. The molecular formula is C20H30Cl4N8S4. The normalized spacial score (nSPS) is 10.2. The number of rotatable bonds is 13. The van der Waals surface area contributed by atoms with Crippen LogP contribution < -0.4 is 22.1 Å². The van der Waals surface area contributed by atoms with Crippen LogP contribution in [0.3, 0.4) is 0 Å². The summed E-state index contributed by atoms with van der Waals surface area (Å²) in [6.07, 6.45) is 1.80. The van der Waals surface area contributed by atoms with E-state index in [1.165, 1.54) is 0 Å². The fourth-order valence-corrected chi connectivity index (χ4v) is 6.17. The van der Waals surface area contributed by atoms with E-state index in [1.54, 1.807) is 45.3 Å². The Morgan fingerprint density at radius 2 is 0.917 bits per heavy atom. The van der Waals surface area contributed by atoms with Crippen LogP contribution in [0, 0.1) is 0 Å². The van der Waals surface area contributed by atoms with Crippen molar-refractivity contribution in [2.75, 3.05) is 39.3 Å². The first kappa shape index (κ1) is 35.5. The summed E-state index contributed by atoms with van der Waals surface area (Å²) in [5, 5.41) is 18.9. The highest BCUT2D eigenvalue weighted by atomic mass is 35.5. The van der Waals surface area contributed by atoms with Gasteiger partial charge in [-0.25, -0.2) is 19.9 Å². The third kappa shape index (κ3) is 10.0. The number of nitrogens with one attached hydrogen (secondary N) is 2. The van der Waals surface area contributed by atoms with Crippen molar-refractivity contribution < 1.29 is 0 Å². The SMILES string of the molecule is Cl.Cl.Cl.Cl.NCCNCCc1nc(-c2nc(-c3csc(-c4csc(CCNCCN)n4)n3)cs2)cs1. The molecule has 4 aromatic rings. The summed E-state index contributed by atoms with van der Waals surface area (Å²) < 4.78 is 0. The molecule has 8 nitrogen and oxygen atoms in total. The zero-order valence-electron chi connectivity index (χ0n) is 19.2. The lowest BCUT2D eigenvalue weighted by Crippen LogP contribution is -2.24. The van der Waals surface area contributed by atoms with Gasteiger partial charge in [0.05, 0.1) is 10.0 Å². The molecule has 0 aromatic carbocycles. The second-order valence-corrected chi connectivity index (χ2v) is 10.5. The molecule has 0 aliphatic rings. The number of thiazole rings is 4. The molecule has 0 aliphatic carbocycles. The number of hydrogen-bond acceptors (Lipinski definition) is 12. The van der Waals surface area contributed by atoms with Crippen LogP contribution in [0.15, 0.2) is 21.5 Å². The highest BCUT2D eigenvalue weighted by Crippen LogP contribution is 2.33. The maximum Gasteiger partial charge on any atom is 0.143 e. The first-order valence-corrected chi connectivity index (χ1v) is 13.9. The monoisotopic (exact) mass is 650 g/mol. The third-order valence-corrected chi connectivity index (χ3v) is 8.03. The molecule has 16 heteroatoms. The van der Waals surface area contributed by atoms with Gasteiger partial charge in [-0.3, -0.25) is 0 Å². The molecule has 202 valence electrons. The minimum atomic E-state index is 0. The average molecular weight is 653 g/mol. The van der Waals surface area contributed by atoms with Crippen LogP contribution >= 0.6 is 95.0 Å². The number of hydrogen-bond donors (Lipinski definition) is 4. The van der Waals surface area contributed by atoms with Gasteiger partial charge in [0.15, 0.2) is 0 Å². The molecule has 0 atom stereocenters. The average Bonchev–Trinajstić information content (AvgIpc) is 3.60. The molecule has 4 aromatic heterocycles. The summed E-state index contributed by atoms with van der Waals surface area (Å²) in [4.78, 5) is 19.0. The Balaban J connectivity index is 0.00000306. The molecule has 0 bridgehead atoms. The highest BCUT2D eigenvalue weighted by Gasteiger charge is 2.14. The maximum absolute atomic E-state index is 5.51. The van der Waals surface area contributed by atoms with Gasteiger partial charge in [-0.1, -0.05) is 0 Å². The molecule has 6 N–H and O–H groups in total. The van der Waals surface area contributed by atoms with Crippen molar-refractivity contribution in [3.05, 3.63) is 31.5 Å². The van der Waals surface area contributed by atoms with Crippen LogP contribution in [0.25, 0.3) is 32.8 Å². The second kappa shape index (κ2) is 18.7. The smallest absolute Gasteiger partial charge is 0.143 e. The summed E-state index contributed by atoms with van der Waals surface area (Å²) in [5.41, 5.74) is 14.6. The van der Waals surface area contributed by atoms with Crippen molar-refractivity contribution in [2.45, 2.75) is 12.8 Å². The molecule has 4 heterocycles. The lowest BCUT2D eigenvalue weighted by Gasteiger charge is -1.99. The number of nitrogens with zero attached hydrogens (tertiary/aromatic N) is 4. The predicted octanol–water partition coefficient (Wildman–Crippen LogP) is 4.38. The van der Waals surface area contributed by atoms with E-state index < -0.39 is 0 Å². The van der Waals surface area contributed by atoms with Gasteiger partial charge in [0.25, 0.3) is 0 Å². The lowest BCUT2D eigenvalue weighted by molar-refractivity contribution is 0.687. The van der Waals surface area contributed by atoms with Gasteiger partial charge < -0.3 is 22.1 Å². The zero-order chi connectivity index (χ0) is 22.2. The summed E-state index contributed by atoms with van der Waals surface area (Å²) in [7, 11) is 0. The van der Waals surface area contributed by atoms with Crippen molar-refractivity contribution in [1.29, 1.82) is 0 Å². The Hall–Kier alpha value is -0.480. The quantitative estimate of drug-likeness (QED) is 0.157. The summed E-state index contributed by atoms with van der Waals surface area (Å²) >= 11 is 6.55. The molecule has 0 unspecified atom stereocenters. The van der Waals surface area contributed by atoms with E-state index in [1.807, 2.05) is 10.8 Å². The molecule has 4 rings (SSSR count). The van der Waals surface area contributed by atoms with Crippen LogP contribution in [0.4, 0.5) is 0 Å². The summed E-state index contributed by atoms with van der Waals surface area (Å²) in [5.74, 6) is 0. The van der Waals surface area contributed by atoms with Crippen molar-refractivity contribution in [3.8, 4) is 32.8 Å². The van der Waals surface area contributed by atoms with Crippen molar-refractivity contribution in [3.63, 3.8) is 0 Å². The third-order valence-electron chi connectivity index (χ3n) is 4.49. The van der Waals surface area contributed by atoms with Crippen molar-refractivity contribution in [2.24, 2.45) is 11.5 Å². The molecule has 0 saturated heterocycles. The van der Waals surface area contributed by atoms with Gasteiger partial charge in [-0.05, 0) is 0 Å². The Bertz CT molecular complexity index is 1030. The number of aromatic nitrogens is 4. The van der Waals surface area contributed by atoms with E-state index in [2.05, 4.69) is 21.4 Å². The zero-order valence-corrected chi connectivity index (χ0v) is 25.7. The molecule has 0 aliphatic heterocycles. The maximum atomic E-state index is 5.51. The van der Waals surface area contributed by atoms with Crippen molar-refractivity contribution >= 4 is 95.0 Å². The van der Waals surface area contributed by atoms with Crippen LogP contribution in [-0.2, 0) is 12.8 Å². The fraction of sp³-hybridized carbons (Fsp3) is 0.400. The van der Waals surface area contributed by atoms with E-state index in [-0.39, 0.29) is 49.6 Å². The van der Waals surface area contributed by atoms with Gasteiger partial charge in [-0.15, -0.1) is 95.0 Å². The number of nitrogens with two attached hydrogens (primary N) is 2. The van der Waals surface area contributed by atoms with Crippen molar-refractivity contribution in [1.82, 2.24) is 30.6 Å². The highest BCUT2D eigenvalue weighted by molar-refractivity contribution is 7.15. The van der Waals surface area contributed by atoms with Gasteiger partial charge in [0.2, 0.25) is 0 Å². The number of halogens is 4. The first-order valence-electron chi connectivity index (χ1n) is 10.4. The lowest BCUT2D eigenvalue weighted by atomic mass is 10.4. The minimum absolute atomic E-state index is 0. The van der Waals surface area contributed by atoms with Crippen LogP contribution in [0.5, 0.6) is 0 Å².